The van der Waals surface area contributed by atoms with E-state index in [-0.39, 0.29) is 12.2 Å². The molecular weight excluding hydrogens is 615 g/mol. The fourth-order valence-electron chi connectivity index (χ4n) is 3.56. The van der Waals surface area contributed by atoms with Gasteiger partial charge in [0.2, 0.25) is 0 Å². The Kier molecular flexibility index (Phi) is 10.1. The van der Waals surface area contributed by atoms with E-state index in [1.54, 1.807) is 67.8 Å². The van der Waals surface area contributed by atoms with Crippen molar-refractivity contribution in [2.45, 2.75) is 13.2 Å². The molecule has 4 aromatic rings. The summed E-state index contributed by atoms with van der Waals surface area (Å²) < 4.78 is 18.1. The van der Waals surface area contributed by atoms with Gasteiger partial charge < -0.3 is 19.5 Å². The lowest BCUT2D eigenvalue weighted by Crippen LogP contribution is -2.13. The van der Waals surface area contributed by atoms with Gasteiger partial charge in [-0.3, -0.25) is 4.79 Å². The second-order valence-electron chi connectivity index (χ2n) is 8.50. The number of nitrogens with one attached hydrogen (secondary N) is 1. The molecule has 0 fully saturated rings. The number of nitrogens with zero attached hydrogens (tertiary/aromatic N) is 1. The van der Waals surface area contributed by atoms with Gasteiger partial charge in [0.05, 0.1) is 17.2 Å². The number of methoxy groups -OCH3 is 1. The Morgan fingerprint density at radius 2 is 1.55 bits per heavy atom. The number of anilines is 1. The zero-order chi connectivity index (χ0) is 28.5. The van der Waals surface area contributed by atoms with Crippen LogP contribution in [0.1, 0.15) is 16.7 Å². The summed E-state index contributed by atoms with van der Waals surface area (Å²) >= 11 is 15.5. The van der Waals surface area contributed by atoms with Crippen molar-refractivity contribution in [3.8, 4) is 23.3 Å². The monoisotopic (exact) mass is 636 g/mol. The number of halogens is 3. The number of benzene rings is 4. The van der Waals surface area contributed by atoms with Crippen LogP contribution < -0.4 is 19.5 Å². The zero-order valence-electron chi connectivity index (χ0n) is 21.3. The molecule has 0 unspecified atom stereocenters. The van der Waals surface area contributed by atoms with Gasteiger partial charge in [-0.1, -0.05) is 57.3 Å². The molecule has 0 saturated heterocycles. The molecule has 0 radical (unpaired) electrons. The van der Waals surface area contributed by atoms with E-state index in [4.69, 9.17) is 37.4 Å². The largest absolute Gasteiger partial charge is 0.497 e. The number of nitriles is 1. The fraction of sp³-hybridized carbons (Fsp3) is 0.0968. The van der Waals surface area contributed by atoms with Crippen LogP contribution in [0.15, 0.2) is 95.0 Å². The molecule has 1 amide bonds. The minimum absolute atomic E-state index is 0.0971. The van der Waals surface area contributed by atoms with Crippen molar-refractivity contribution in [3.05, 3.63) is 122 Å². The first-order valence-corrected chi connectivity index (χ1v) is 13.5. The van der Waals surface area contributed by atoms with E-state index in [0.717, 1.165) is 15.6 Å². The molecule has 0 bridgehead atoms. The van der Waals surface area contributed by atoms with Crippen molar-refractivity contribution in [1.82, 2.24) is 0 Å². The van der Waals surface area contributed by atoms with Gasteiger partial charge in [0.25, 0.3) is 5.91 Å². The molecule has 202 valence electrons. The summed E-state index contributed by atoms with van der Waals surface area (Å²) in [6.45, 7) is 0.604. The lowest BCUT2D eigenvalue weighted by molar-refractivity contribution is -0.112. The summed E-state index contributed by atoms with van der Waals surface area (Å²) in [5.74, 6) is 1.08. The maximum atomic E-state index is 12.9. The third-order valence-electron chi connectivity index (χ3n) is 5.69. The molecule has 0 heterocycles. The second-order valence-corrected chi connectivity index (χ2v) is 10.2. The van der Waals surface area contributed by atoms with Crippen molar-refractivity contribution in [2.24, 2.45) is 0 Å². The fourth-order valence-corrected chi connectivity index (χ4v) is 4.15. The van der Waals surface area contributed by atoms with E-state index < -0.39 is 5.91 Å². The maximum Gasteiger partial charge on any atom is 0.266 e. The first kappa shape index (κ1) is 29.0. The highest BCUT2D eigenvalue weighted by atomic mass is 79.9. The third kappa shape index (κ3) is 8.03. The van der Waals surface area contributed by atoms with Crippen LogP contribution in [-0.4, -0.2) is 13.0 Å². The van der Waals surface area contributed by atoms with Gasteiger partial charge in [0, 0.05) is 21.8 Å². The highest BCUT2D eigenvalue weighted by Gasteiger charge is 2.13. The van der Waals surface area contributed by atoms with Crippen LogP contribution in [0.4, 0.5) is 5.69 Å². The smallest absolute Gasteiger partial charge is 0.266 e. The Hall–Kier alpha value is -3.96. The number of carbonyl (C=O) groups is 1. The van der Waals surface area contributed by atoms with Crippen molar-refractivity contribution < 1.29 is 19.0 Å². The first-order chi connectivity index (χ1) is 19.3. The Morgan fingerprint density at radius 3 is 2.23 bits per heavy atom. The molecule has 40 heavy (non-hydrogen) atoms. The normalized spacial score (nSPS) is 10.9. The highest BCUT2D eigenvalue weighted by Crippen LogP contribution is 2.29. The summed E-state index contributed by atoms with van der Waals surface area (Å²) in [5.41, 5.74) is 2.79. The summed E-state index contributed by atoms with van der Waals surface area (Å²) in [7, 11) is 1.54. The summed E-state index contributed by atoms with van der Waals surface area (Å²) in [6, 6.07) is 27.1. The maximum absolute atomic E-state index is 12.9. The Morgan fingerprint density at radius 1 is 0.875 bits per heavy atom. The first-order valence-electron chi connectivity index (χ1n) is 12.0. The topological polar surface area (TPSA) is 80.6 Å². The molecule has 6 nitrogen and oxygen atoms in total. The molecule has 4 rings (SSSR count). The number of rotatable bonds is 10. The van der Waals surface area contributed by atoms with E-state index in [0.29, 0.717) is 45.2 Å². The lowest BCUT2D eigenvalue weighted by atomic mass is 10.1. The van der Waals surface area contributed by atoms with Crippen LogP contribution in [-0.2, 0) is 18.0 Å². The molecule has 4 aromatic carbocycles. The molecule has 0 aliphatic heterocycles. The Balaban J connectivity index is 1.44. The van der Waals surface area contributed by atoms with E-state index in [1.807, 2.05) is 30.3 Å². The van der Waals surface area contributed by atoms with Crippen LogP contribution in [0.3, 0.4) is 0 Å². The predicted molar refractivity (Wildman–Crippen MR) is 161 cm³/mol. The number of amides is 1. The van der Waals surface area contributed by atoms with Crippen molar-refractivity contribution in [2.75, 3.05) is 12.4 Å². The van der Waals surface area contributed by atoms with Crippen molar-refractivity contribution in [3.63, 3.8) is 0 Å². The number of hydrogen-bond donors (Lipinski definition) is 1. The van der Waals surface area contributed by atoms with Gasteiger partial charge in [-0.05, 0) is 77.9 Å². The minimum atomic E-state index is -0.558. The van der Waals surface area contributed by atoms with Gasteiger partial charge >= 0.3 is 0 Å². The number of ether oxygens (including phenoxy) is 3. The van der Waals surface area contributed by atoms with Gasteiger partial charge in [0.15, 0.2) is 0 Å². The predicted octanol–water partition coefficient (Wildman–Crippen LogP) is 8.47. The van der Waals surface area contributed by atoms with Gasteiger partial charge in [-0.2, -0.15) is 5.26 Å². The van der Waals surface area contributed by atoms with E-state index >= 15 is 0 Å². The lowest BCUT2D eigenvalue weighted by Gasteiger charge is -2.12. The van der Waals surface area contributed by atoms with Crippen LogP contribution >= 0.6 is 39.1 Å². The molecule has 0 aliphatic carbocycles. The van der Waals surface area contributed by atoms with E-state index in [1.165, 1.54) is 6.08 Å². The standard InChI is InChI=1S/C31H23BrCl2N2O4/c1-38-27-10-5-22(30(16-27)40-19-21-4-13-28(33)29(34)14-21)15-23(17-35)31(37)36-25-8-11-26(12-9-25)39-18-20-2-6-24(32)7-3-20/h2-16H,18-19H2,1H3,(H,36,37)/b23-15+. The summed E-state index contributed by atoms with van der Waals surface area (Å²) in [6.07, 6.45) is 1.47. The highest BCUT2D eigenvalue weighted by molar-refractivity contribution is 9.10. The second kappa shape index (κ2) is 13.9. The van der Waals surface area contributed by atoms with Crippen LogP contribution in [0, 0.1) is 11.3 Å². The van der Waals surface area contributed by atoms with E-state index in [2.05, 4.69) is 21.2 Å². The van der Waals surface area contributed by atoms with Gasteiger partial charge in [-0.15, -0.1) is 0 Å². The molecule has 9 heteroatoms. The number of carbonyl (C=O) groups excluding carboxylic acids is 1. The third-order valence-corrected chi connectivity index (χ3v) is 6.96. The SMILES string of the molecule is COc1ccc(/C=C(\C#N)C(=O)Nc2ccc(OCc3ccc(Br)cc3)cc2)c(OCc2ccc(Cl)c(Cl)c2)c1. The molecule has 0 atom stereocenters. The molecule has 0 aliphatic rings. The van der Waals surface area contributed by atoms with Crippen molar-refractivity contribution in [1.29, 1.82) is 5.26 Å². The zero-order valence-corrected chi connectivity index (χ0v) is 24.4. The van der Waals surface area contributed by atoms with Crippen molar-refractivity contribution >= 4 is 56.8 Å². The molecular formula is C31H23BrCl2N2O4. The van der Waals surface area contributed by atoms with Crippen LogP contribution in [0.5, 0.6) is 17.2 Å². The molecule has 1 N–H and O–H groups in total. The molecule has 0 aromatic heterocycles. The average Bonchev–Trinajstić information content (AvgIpc) is 2.97. The van der Waals surface area contributed by atoms with Crippen LogP contribution in [0.2, 0.25) is 10.0 Å². The van der Waals surface area contributed by atoms with E-state index in [9.17, 15) is 10.1 Å². The summed E-state index contributed by atoms with van der Waals surface area (Å²) in [4.78, 5) is 12.9. The Labute approximate surface area is 250 Å². The quantitative estimate of drug-likeness (QED) is 0.139. The molecule has 0 saturated carbocycles. The average molecular weight is 638 g/mol. The molecule has 0 spiro atoms. The minimum Gasteiger partial charge on any atom is -0.497 e. The van der Waals surface area contributed by atoms with Gasteiger partial charge in [-0.25, -0.2) is 0 Å². The Bertz CT molecular complexity index is 1570. The summed E-state index contributed by atoms with van der Waals surface area (Å²) in [5, 5.41) is 13.4. The van der Waals surface area contributed by atoms with Crippen LogP contribution in [0.25, 0.3) is 6.08 Å². The van der Waals surface area contributed by atoms with Gasteiger partial charge in [0.1, 0.15) is 42.1 Å². The number of hydrogen-bond acceptors (Lipinski definition) is 5.